The number of nitrogen functional groups attached to an aromatic ring is 1. The van der Waals surface area contributed by atoms with Gasteiger partial charge >= 0.3 is 0 Å². The lowest BCUT2D eigenvalue weighted by atomic mass is 10.2. The number of nitrogens with one attached hydrogen (secondary N) is 2. The van der Waals surface area contributed by atoms with E-state index >= 15 is 0 Å². The van der Waals surface area contributed by atoms with Gasteiger partial charge in [0.05, 0.1) is 24.0 Å². The number of methoxy groups -OCH3 is 1. The predicted molar refractivity (Wildman–Crippen MR) is 67.2 cm³/mol. The number of carbonyl (C=O) groups excluding carboxylic acids is 1. The first-order valence-electron chi connectivity index (χ1n) is 5.87. The number of aliphatic hydroxyl groups excluding tert-OH is 1. The smallest absolute Gasteiger partial charge is 0.274 e. The number of aryl methyl sites for hydroxylation is 1. The summed E-state index contributed by atoms with van der Waals surface area (Å²) in [4.78, 5) is 11.9. The number of rotatable bonds is 7. The Morgan fingerprint density at radius 3 is 2.89 bits per heavy atom. The molecule has 5 N–H and O–H groups in total. The highest BCUT2D eigenvalue weighted by molar-refractivity contribution is 5.97. The molecule has 0 aliphatic carbocycles. The molecule has 7 heteroatoms. The molecule has 102 valence electrons. The maximum absolute atomic E-state index is 11.9. The van der Waals surface area contributed by atoms with Crippen LogP contribution in [0.4, 0.5) is 5.69 Å². The number of carbonyl (C=O) groups is 1. The number of hydrogen-bond donors (Lipinski definition) is 4. The minimum atomic E-state index is -0.362. The maximum Gasteiger partial charge on any atom is 0.274 e. The van der Waals surface area contributed by atoms with E-state index < -0.39 is 0 Å². The first-order valence-corrected chi connectivity index (χ1v) is 5.87. The first-order chi connectivity index (χ1) is 8.63. The summed E-state index contributed by atoms with van der Waals surface area (Å²) >= 11 is 0. The van der Waals surface area contributed by atoms with Gasteiger partial charge in [-0.2, -0.15) is 5.10 Å². The lowest BCUT2D eigenvalue weighted by Gasteiger charge is -2.16. The van der Waals surface area contributed by atoms with E-state index in [1.807, 2.05) is 6.92 Å². The van der Waals surface area contributed by atoms with Crippen LogP contribution in [0, 0.1) is 0 Å². The molecule has 0 bridgehead atoms. The molecule has 1 aromatic rings. The van der Waals surface area contributed by atoms with Gasteiger partial charge in [-0.3, -0.25) is 9.89 Å². The number of aliphatic hydroxyl groups is 1. The zero-order chi connectivity index (χ0) is 13.5. The van der Waals surface area contributed by atoms with Crippen molar-refractivity contribution >= 4 is 11.6 Å². The van der Waals surface area contributed by atoms with Gasteiger partial charge < -0.3 is 20.9 Å². The Balaban J connectivity index is 2.70. The molecule has 0 fully saturated rings. The fourth-order valence-corrected chi connectivity index (χ4v) is 1.64. The maximum atomic E-state index is 11.9. The average molecular weight is 256 g/mol. The number of amides is 1. The van der Waals surface area contributed by atoms with Gasteiger partial charge in [-0.1, -0.05) is 6.92 Å². The van der Waals surface area contributed by atoms with Crippen molar-refractivity contribution in [3.8, 4) is 0 Å². The number of ether oxygens (including phenoxy) is 1. The number of nitrogens with two attached hydrogens (primary N) is 1. The van der Waals surface area contributed by atoms with Gasteiger partial charge in [0.25, 0.3) is 5.91 Å². The van der Waals surface area contributed by atoms with Crippen LogP contribution in [0.25, 0.3) is 0 Å². The molecule has 18 heavy (non-hydrogen) atoms. The zero-order valence-electron chi connectivity index (χ0n) is 10.7. The SMILES string of the molecule is CCc1[nH]nc(C(=O)NC(CCO)COC)c1N. The van der Waals surface area contributed by atoms with E-state index in [0.717, 1.165) is 5.69 Å². The van der Waals surface area contributed by atoms with Crippen LogP contribution in [-0.4, -0.2) is 47.6 Å². The Morgan fingerprint density at radius 1 is 1.67 bits per heavy atom. The monoisotopic (exact) mass is 256 g/mol. The Hall–Kier alpha value is -1.60. The van der Waals surface area contributed by atoms with Crippen molar-refractivity contribution in [3.05, 3.63) is 11.4 Å². The molecule has 0 saturated heterocycles. The van der Waals surface area contributed by atoms with Crippen LogP contribution in [0.2, 0.25) is 0 Å². The topological polar surface area (TPSA) is 113 Å². The molecule has 0 aromatic carbocycles. The molecule has 0 aliphatic heterocycles. The lowest BCUT2D eigenvalue weighted by molar-refractivity contribution is 0.0874. The summed E-state index contributed by atoms with van der Waals surface area (Å²) in [7, 11) is 1.54. The highest BCUT2D eigenvalue weighted by Crippen LogP contribution is 2.14. The van der Waals surface area contributed by atoms with E-state index in [1.54, 1.807) is 0 Å². The first kappa shape index (κ1) is 14.5. The van der Waals surface area contributed by atoms with Crippen LogP contribution in [-0.2, 0) is 11.2 Å². The van der Waals surface area contributed by atoms with Crippen molar-refractivity contribution in [2.75, 3.05) is 26.1 Å². The third-order valence-corrected chi connectivity index (χ3v) is 2.63. The molecule has 0 aliphatic rings. The van der Waals surface area contributed by atoms with Gasteiger partial charge in [0.15, 0.2) is 5.69 Å². The third kappa shape index (κ3) is 3.44. The van der Waals surface area contributed by atoms with Crippen molar-refractivity contribution in [3.63, 3.8) is 0 Å². The second-order valence-electron chi connectivity index (χ2n) is 3.96. The predicted octanol–water partition coefficient (Wildman–Crippen LogP) is -0.318. The standard InChI is InChI=1S/C11H20N4O3/c1-3-8-9(12)10(15-14-8)11(17)13-7(4-5-16)6-18-2/h7,16H,3-6,12H2,1-2H3,(H,13,17)(H,14,15). The number of nitrogens with zero attached hydrogens (tertiary/aromatic N) is 1. The summed E-state index contributed by atoms with van der Waals surface area (Å²) in [6, 6.07) is -0.256. The number of aromatic nitrogens is 2. The molecule has 1 rings (SSSR count). The summed E-state index contributed by atoms with van der Waals surface area (Å²) in [5.41, 5.74) is 7.10. The summed E-state index contributed by atoms with van der Waals surface area (Å²) in [6.07, 6.45) is 1.11. The molecule has 7 nitrogen and oxygen atoms in total. The fourth-order valence-electron chi connectivity index (χ4n) is 1.64. The summed E-state index contributed by atoms with van der Waals surface area (Å²) in [6.45, 7) is 2.23. The zero-order valence-corrected chi connectivity index (χ0v) is 10.7. The molecule has 0 spiro atoms. The van der Waals surface area contributed by atoms with Crippen molar-refractivity contribution < 1.29 is 14.6 Å². The summed E-state index contributed by atoms with van der Waals surface area (Å²) in [5, 5.41) is 18.2. The van der Waals surface area contributed by atoms with Crippen molar-refractivity contribution in [2.24, 2.45) is 0 Å². The highest BCUT2D eigenvalue weighted by Gasteiger charge is 2.19. The van der Waals surface area contributed by atoms with Crippen LogP contribution < -0.4 is 11.1 Å². The number of H-pyrrole nitrogens is 1. The lowest BCUT2D eigenvalue weighted by Crippen LogP contribution is -2.39. The van der Waals surface area contributed by atoms with E-state index in [-0.39, 0.29) is 24.2 Å². The second kappa shape index (κ2) is 6.97. The van der Waals surface area contributed by atoms with E-state index in [4.69, 9.17) is 15.6 Å². The third-order valence-electron chi connectivity index (χ3n) is 2.63. The molecular weight excluding hydrogens is 236 g/mol. The van der Waals surface area contributed by atoms with Gasteiger partial charge in [-0.05, 0) is 12.8 Å². The second-order valence-corrected chi connectivity index (χ2v) is 3.96. The molecular formula is C11H20N4O3. The number of hydrogen-bond acceptors (Lipinski definition) is 5. The summed E-state index contributed by atoms with van der Waals surface area (Å²) in [5.74, 6) is -0.362. The molecule has 1 unspecified atom stereocenters. The van der Waals surface area contributed by atoms with E-state index in [9.17, 15) is 4.79 Å². The molecule has 0 saturated carbocycles. The van der Waals surface area contributed by atoms with Gasteiger partial charge in [0.1, 0.15) is 0 Å². The quantitative estimate of drug-likeness (QED) is 0.534. The molecule has 1 amide bonds. The van der Waals surface area contributed by atoms with Crippen molar-refractivity contribution in [1.82, 2.24) is 15.5 Å². The molecule has 1 heterocycles. The minimum Gasteiger partial charge on any atom is -0.396 e. The van der Waals surface area contributed by atoms with E-state index in [1.165, 1.54) is 7.11 Å². The van der Waals surface area contributed by atoms with Crippen LogP contribution in [0.3, 0.4) is 0 Å². The average Bonchev–Trinajstić information content (AvgIpc) is 2.71. The van der Waals surface area contributed by atoms with Crippen molar-refractivity contribution in [1.29, 1.82) is 0 Å². The van der Waals surface area contributed by atoms with E-state index in [2.05, 4.69) is 15.5 Å². The molecule has 1 atom stereocenters. The Kier molecular flexibility index (Phi) is 5.60. The minimum absolute atomic E-state index is 0.0232. The van der Waals surface area contributed by atoms with Crippen LogP contribution >= 0.6 is 0 Å². The Bertz CT molecular complexity index is 386. The normalized spacial score (nSPS) is 12.4. The van der Waals surface area contributed by atoms with Gasteiger partial charge in [-0.25, -0.2) is 0 Å². The summed E-state index contributed by atoms with van der Waals surface area (Å²) < 4.78 is 4.96. The molecule has 1 aromatic heterocycles. The van der Waals surface area contributed by atoms with E-state index in [0.29, 0.717) is 25.1 Å². The van der Waals surface area contributed by atoms with Gasteiger partial charge in [-0.15, -0.1) is 0 Å². The Morgan fingerprint density at radius 2 is 2.39 bits per heavy atom. The van der Waals surface area contributed by atoms with Crippen LogP contribution in [0.15, 0.2) is 0 Å². The number of anilines is 1. The molecule has 0 radical (unpaired) electrons. The number of aromatic amines is 1. The van der Waals surface area contributed by atoms with Crippen LogP contribution in [0.1, 0.15) is 29.5 Å². The fraction of sp³-hybridized carbons (Fsp3) is 0.636. The largest absolute Gasteiger partial charge is 0.396 e. The van der Waals surface area contributed by atoms with Crippen molar-refractivity contribution in [2.45, 2.75) is 25.8 Å². The Labute approximate surface area is 106 Å². The highest BCUT2D eigenvalue weighted by atomic mass is 16.5. The van der Waals surface area contributed by atoms with Crippen LogP contribution in [0.5, 0.6) is 0 Å². The van der Waals surface area contributed by atoms with Gasteiger partial charge in [0.2, 0.25) is 0 Å². The van der Waals surface area contributed by atoms with Gasteiger partial charge in [0, 0.05) is 13.7 Å².